The zero-order valence-electron chi connectivity index (χ0n) is 9.37. The van der Waals surface area contributed by atoms with E-state index in [4.69, 9.17) is 11.6 Å². The molecule has 0 radical (unpaired) electrons. The third-order valence-corrected chi connectivity index (χ3v) is 3.32. The summed E-state index contributed by atoms with van der Waals surface area (Å²) in [4.78, 5) is 16.2. The van der Waals surface area contributed by atoms with Crippen LogP contribution in [0.3, 0.4) is 0 Å². The van der Waals surface area contributed by atoms with Crippen LogP contribution in [-0.4, -0.2) is 25.7 Å². The van der Waals surface area contributed by atoms with Gasteiger partial charge in [-0.3, -0.25) is 10.1 Å². The van der Waals surface area contributed by atoms with Gasteiger partial charge >= 0.3 is 0 Å². The molecule has 0 aliphatic heterocycles. The van der Waals surface area contributed by atoms with Crippen LogP contribution >= 0.6 is 23.1 Å². The Morgan fingerprint density at radius 2 is 2.05 bits per heavy atom. The zero-order chi connectivity index (χ0) is 13.2. The second-order valence-electron chi connectivity index (χ2n) is 3.63. The fourth-order valence-electron chi connectivity index (χ4n) is 1.69. The highest BCUT2D eigenvalue weighted by atomic mass is 35.5. The number of nitrogens with one attached hydrogen (secondary N) is 1. The van der Waals surface area contributed by atoms with Crippen LogP contribution in [0, 0.1) is 0 Å². The molecule has 0 atom stereocenters. The standard InChI is InChI=1S/C11H6ClN5OS/c12-9-7-4-2-1-3-6(7)8(5-13-9)10(18)14-11-15-16-17-19-11/h1-5H,(H,14,15,17,18). The van der Waals surface area contributed by atoms with Crippen LogP contribution in [-0.2, 0) is 0 Å². The van der Waals surface area contributed by atoms with Crippen LogP contribution in [0.15, 0.2) is 30.5 Å². The molecule has 0 saturated carbocycles. The van der Waals surface area contributed by atoms with Gasteiger partial charge in [0.1, 0.15) is 5.15 Å². The molecule has 1 amide bonds. The fourth-order valence-corrected chi connectivity index (χ4v) is 2.26. The molecular formula is C11H6ClN5OS. The molecule has 94 valence electrons. The summed E-state index contributed by atoms with van der Waals surface area (Å²) in [5.41, 5.74) is 0.426. The summed E-state index contributed by atoms with van der Waals surface area (Å²) in [7, 11) is 0. The van der Waals surface area contributed by atoms with Gasteiger partial charge in [0, 0.05) is 23.1 Å². The van der Waals surface area contributed by atoms with Gasteiger partial charge in [0.05, 0.1) is 5.56 Å². The van der Waals surface area contributed by atoms with Crippen molar-refractivity contribution >= 4 is 44.9 Å². The van der Waals surface area contributed by atoms with Crippen molar-refractivity contribution < 1.29 is 4.79 Å². The SMILES string of the molecule is O=C(Nc1nnns1)c1cnc(Cl)c2ccccc12. The third kappa shape index (κ3) is 2.25. The van der Waals surface area contributed by atoms with Gasteiger partial charge in [-0.25, -0.2) is 4.98 Å². The van der Waals surface area contributed by atoms with Crippen molar-refractivity contribution in [2.45, 2.75) is 0 Å². The molecule has 0 spiro atoms. The highest BCUT2D eigenvalue weighted by Crippen LogP contribution is 2.24. The van der Waals surface area contributed by atoms with Gasteiger partial charge in [-0.05, 0) is 10.6 Å². The van der Waals surface area contributed by atoms with Gasteiger partial charge in [-0.2, -0.15) is 0 Å². The number of carbonyl (C=O) groups is 1. The van der Waals surface area contributed by atoms with Crippen LogP contribution < -0.4 is 5.32 Å². The number of fused-ring (bicyclic) bond motifs is 1. The molecular weight excluding hydrogens is 286 g/mol. The highest BCUT2D eigenvalue weighted by Gasteiger charge is 2.14. The Morgan fingerprint density at radius 1 is 1.26 bits per heavy atom. The number of benzene rings is 1. The molecule has 19 heavy (non-hydrogen) atoms. The number of carbonyl (C=O) groups excluding carboxylic acids is 1. The first kappa shape index (κ1) is 11.9. The first-order chi connectivity index (χ1) is 9.25. The lowest BCUT2D eigenvalue weighted by Gasteiger charge is -2.06. The summed E-state index contributed by atoms with van der Waals surface area (Å²) in [6.07, 6.45) is 1.44. The predicted octanol–water partition coefficient (Wildman–Crippen LogP) is 2.39. The van der Waals surface area contributed by atoms with Crippen LogP contribution in [0.5, 0.6) is 0 Å². The average molecular weight is 292 g/mol. The Bertz CT molecular complexity index is 746. The number of hydrogen-bond acceptors (Lipinski definition) is 6. The van der Waals surface area contributed by atoms with Gasteiger partial charge in [0.25, 0.3) is 5.91 Å². The summed E-state index contributed by atoms with van der Waals surface area (Å²) in [6, 6.07) is 7.30. The Kier molecular flexibility index (Phi) is 3.06. The van der Waals surface area contributed by atoms with Crippen LogP contribution in [0.25, 0.3) is 10.8 Å². The van der Waals surface area contributed by atoms with E-state index in [-0.39, 0.29) is 5.91 Å². The number of amides is 1. The average Bonchev–Trinajstić information content (AvgIpc) is 2.92. The number of hydrogen-bond donors (Lipinski definition) is 1. The zero-order valence-corrected chi connectivity index (χ0v) is 10.9. The molecule has 0 aliphatic rings. The molecule has 2 aromatic heterocycles. The van der Waals surface area contributed by atoms with Crippen LogP contribution in [0.2, 0.25) is 5.15 Å². The second-order valence-corrected chi connectivity index (χ2v) is 4.72. The quantitative estimate of drug-likeness (QED) is 0.733. The van der Waals surface area contributed by atoms with E-state index >= 15 is 0 Å². The lowest BCUT2D eigenvalue weighted by atomic mass is 10.1. The monoisotopic (exact) mass is 291 g/mol. The maximum Gasteiger partial charge on any atom is 0.259 e. The van der Waals surface area contributed by atoms with E-state index in [1.165, 1.54) is 6.20 Å². The number of anilines is 1. The Labute approximate surface area is 116 Å². The molecule has 0 fully saturated rings. The Balaban J connectivity index is 2.05. The third-order valence-electron chi connectivity index (χ3n) is 2.51. The van der Waals surface area contributed by atoms with Gasteiger partial charge in [-0.1, -0.05) is 45.5 Å². The minimum absolute atomic E-state index is 0.320. The molecule has 6 nitrogen and oxygen atoms in total. The Hall–Kier alpha value is -2.12. The molecule has 2 heterocycles. The van der Waals surface area contributed by atoms with E-state index in [2.05, 4.69) is 25.1 Å². The van der Waals surface area contributed by atoms with E-state index in [9.17, 15) is 4.79 Å². The van der Waals surface area contributed by atoms with Gasteiger partial charge in [-0.15, -0.1) is 0 Å². The fraction of sp³-hybridized carbons (Fsp3) is 0. The number of pyridine rings is 1. The molecule has 0 saturated heterocycles. The van der Waals surface area contributed by atoms with Gasteiger partial charge < -0.3 is 0 Å². The first-order valence-electron chi connectivity index (χ1n) is 5.25. The number of rotatable bonds is 2. The normalized spacial score (nSPS) is 10.6. The second kappa shape index (κ2) is 4.87. The topological polar surface area (TPSA) is 80.7 Å². The lowest BCUT2D eigenvalue weighted by Crippen LogP contribution is -2.12. The molecule has 0 unspecified atom stereocenters. The van der Waals surface area contributed by atoms with Crippen molar-refractivity contribution in [1.82, 2.24) is 19.8 Å². The van der Waals surface area contributed by atoms with E-state index < -0.39 is 0 Å². The van der Waals surface area contributed by atoms with Crippen molar-refractivity contribution in [3.63, 3.8) is 0 Å². The summed E-state index contributed by atoms with van der Waals surface area (Å²) in [6.45, 7) is 0. The summed E-state index contributed by atoms with van der Waals surface area (Å²) in [5.74, 6) is -0.320. The minimum atomic E-state index is -0.320. The van der Waals surface area contributed by atoms with Crippen molar-refractivity contribution in [3.05, 3.63) is 41.2 Å². The van der Waals surface area contributed by atoms with Gasteiger partial charge in [0.2, 0.25) is 5.13 Å². The Morgan fingerprint density at radius 3 is 2.79 bits per heavy atom. The van der Waals surface area contributed by atoms with E-state index in [0.717, 1.165) is 22.3 Å². The lowest BCUT2D eigenvalue weighted by molar-refractivity contribution is 0.102. The minimum Gasteiger partial charge on any atom is -0.295 e. The van der Waals surface area contributed by atoms with Crippen LogP contribution in [0.1, 0.15) is 10.4 Å². The highest BCUT2D eigenvalue weighted by molar-refractivity contribution is 7.09. The van der Waals surface area contributed by atoms with Crippen molar-refractivity contribution in [2.24, 2.45) is 0 Å². The summed E-state index contributed by atoms with van der Waals surface area (Å²) in [5, 5.41) is 11.8. The smallest absolute Gasteiger partial charge is 0.259 e. The largest absolute Gasteiger partial charge is 0.295 e. The number of aromatic nitrogens is 4. The number of nitrogens with zero attached hydrogens (tertiary/aromatic N) is 4. The maximum absolute atomic E-state index is 12.2. The van der Waals surface area contributed by atoms with E-state index in [0.29, 0.717) is 15.8 Å². The molecule has 1 aromatic carbocycles. The van der Waals surface area contributed by atoms with E-state index in [1.807, 2.05) is 24.3 Å². The summed E-state index contributed by atoms with van der Waals surface area (Å²) < 4.78 is 3.57. The number of halogens is 1. The molecule has 3 aromatic rings. The molecule has 3 rings (SSSR count). The predicted molar refractivity (Wildman–Crippen MR) is 72.4 cm³/mol. The molecule has 0 bridgehead atoms. The molecule has 0 aliphatic carbocycles. The van der Waals surface area contributed by atoms with Crippen molar-refractivity contribution in [2.75, 3.05) is 5.32 Å². The van der Waals surface area contributed by atoms with Crippen LogP contribution in [0.4, 0.5) is 5.13 Å². The first-order valence-corrected chi connectivity index (χ1v) is 6.40. The molecule has 1 N–H and O–H groups in total. The maximum atomic E-state index is 12.2. The molecule has 8 heteroatoms. The van der Waals surface area contributed by atoms with Crippen molar-refractivity contribution in [1.29, 1.82) is 0 Å². The van der Waals surface area contributed by atoms with Gasteiger partial charge in [0.15, 0.2) is 0 Å². The summed E-state index contributed by atoms with van der Waals surface area (Å²) >= 11 is 7.01. The van der Waals surface area contributed by atoms with Crippen molar-refractivity contribution in [3.8, 4) is 0 Å². The van der Waals surface area contributed by atoms with E-state index in [1.54, 1.807) is 0 Å².